The van der Waals surface area contributed by atoms with Gasteiger partial charge >= 0.3 is 0 Å². The van der Waals surface area contributed by atoms with Crippen LogP contribution in [-0.4, -0.2) is 16.9 Å². The highest BCUT2D eigenvalue weighted by Gasteiger charge is 2.32. The number of nitrogens with one attached hydrogen (secondary N) is 1. The van der Waals surface area contributed by atoms with Crippen LogP contribution in [0.2, 0.25) is 0 Å². The molecular formula is C15H28N4O. The first kappa shape index (κ1) is 15.3. The number of methoxy groups -OCH3 is 1. The molecule has 1 fully saturated rings. The molecule has 1 aromatic rings. The van der Waals surface area contributed by atoms with Gasteiger partial charge in [-0.2, -0.15) is 5.10 Å². The molecule has 5 heteroatoms. The van der Waals surface area contributed by atoms with E-state index in [1.165, 1.54) is 32.1 Å². The van der Waals surface area contributed by atoms with Crippen molar-refractivity contribution in [2.24, 2.45) is 17.7 Å². The Morgan fingerprint density at radius 3 is 2.90 bits per heavy atom. The Morgan fingerprint density at radius 1 is 1.50 bits per heavy atom. The molecule has 1 heterocycles. The molecule has 0 spiro atoms. The molecule has 3 atom stereocenters. The second-order valence-electron chi connectivity index (χ2n) is 5.76. The molecule has 114 valence electrons. The van der Waals surface area contributed by atoms with Crippen molar-refractivity contribution >= 4 is 0 Å². The van der Waals surface area contributed by atoms with Crippen LogP contribution in [-0.2, 0) is 6.54 Å². The van der Waals surface area contributed by atoms with Gasteiger partial charge in [-0.05, 0) is 31.6 Å². The Bertz CT molecular complexity index is 397. The van der Waals surface area contributed by atoms with Crippen LogP contribution in [0.1, 0.15) is 57.7 Å². The summed E-state index contributed by atoms with van der Waals surface area (Å²) >= 11 is 0. The summed E-state index contributed by atoms with van der Waals surface area (Å²) in [4.78, 5) is 0. The molecule has 0 amide bonds. The number of aromatic nitrogens is 2. The van der Waals surface area contributed by atoms with E-state index in [0.29, 0.717) is 5.92 Å². The minimum Gasteiger partial charge on any atom is -0.493 e. The van der Waals surface area contributed by atoms with E-state index in [4.69, 9.17) is 10.6 Å². The lowest BCUT2D eigenvalue weighted by Gasteiger charge is -2.34. The zero-order chi connectivity index (χ0) is 14.5. The average molecular weight is 280 g/mol. The molecule has 1 saturated carbocycles. The fourth-order valence-electron chi connectivity index (χ4n) is 3.55. The summed E-state index contributed by atoms with van der Waals surface area (Å²) in [5.74, 6) is 8.12. The van der Waals surface area contributed by atoms with Gasteiger partial charge < -0.3 is 4.74 Å². The Morgan fingerprint density at radius 2 is 2.30 bits per heavy atom. The molecule has 0 radical (unpaired) electrons. The molecule has 3 unspecified atom stereocenters. The quantitative estimate of drug-likeness (QED) is 0.621. The fourth-order valence-corrected chi connectivity index (χ4v) is 3.55. The topological polar surface area (TPSA) is 65.1 Å². The highest BCUT2D eigenvalue weighted by atomic mass is 16.5. The standard InChI is InChI=1S/C15H28N4O/c1-4-11-7-6-8-12(9-11)14(18-16)15-13(20-3)10-17-19(15)5-2/h10-12,14,18H,4-9,16H2,1-3H3. The number of hydrogen-bond donors (Lipinski definition) is 2. The highest BCUT2D eigenvalue weighted by Crippen LogP contribution is 2.40. The third-order valence-corrected chi connectivity index (χ3v) is 4.71. The van der Waals surface area contributed by atoms with Crippen molar-refractivity contribution in [3.63, 3.8) is 0 Å². The van der Waals surface area contributed by atoms with Gasteiger partial charge in [0.05, 0.1) is 25.0 Å². The van der Waals surface area contributed by atoms with E-state index in [1.54, 1.807) is 13.3 Å². The summed E-state index contributed by atoms with van der Waals surface area (Å²) in [6.45, 7) is 5.22. The first-order valence-electron chi connectivity index (χ1n) is 7.80. The Labute approximate surface area is 121 Å². The minimum atomic E-state index is 0.127. The van der Waals surface area contributed by atoms with Crippen molar-refractivity contribution in [2.45, 2.75) is 58.5 Å². The molecule has 1 aliphatic rings. The van der Waals surface area contributed by atoms with Crippen LogP contribution in [0.5, 0.6) is 5.75 Å². The second-order valence-corrected chi connectivity index (χ2v) is 5.76. The predicted octanol–water partition coefficient (Wildman–Crippen LogP) is 2.63. The molecule has 1 aliphatic carbocycles. The zero-order valence-electron chi connectivity index (χ0n) is 12.9. The Balaban J connectivity index is 2.25. The van der Waals surface area contributed by atoms with Crippen LogP contribution < -0.4 is 16.0 Å². The van der Waals surface area contributed by atoms with Gasteiger partial charge in [-0.25, -0.2) is 0 Å². The number of aryl methyl sites for hydroxylation is 1. The molecular weight excluding hydrogens is 252 g/mol. The van der Waals surface area contributed by atoms with Crippen LogP contribution in [0.3, 0.4) is 0 Å². The van der Waals surface area contributed by atoms with Gasteiger partial charge in [0.1, 0.15) is 0 Å². The summed E-state index contributed by atoms with van der Waals surface area (Å²) in [7, 11) is 1.70. The molecule has 0 aromatic carbocycles. The molecule has 0 aliphatic heterocycles. The van der Waals surface area contributed by atoms with Crippen molar-refractivity contribution in [1.29, 1.82) is 0 Å². The fraction of sp³-hybridized carbons (Fsp3) is 0.800. The van der Waals surface area contributed by atoms with Crippen molar-refractivity contribution < 1.29 is 4.74 Å². The Hall–Kier alpha value is -1.07. The van der Waals surface area contributed by atoms with Crippen LogP contribution in [0.15, 0.2) is 6.20 Å². The van der Waals surface area contributed by atoms with Gasteiger partial charge in [-0.15, -0.1) is 0 Å². The number of nitrogens with zero attached hydrogens (tertiary/aromatic N) is 2. The monoisotopic (exact) mass is 280 g/mol. The first-order valence-corrected chi connectivity index (χ1v) is 7.80. The van der Waals surface area contributed by atoms with Crippen LogP contribution >= 0.6 is 0 Å². The van der Waals surface area contributed by atoms with E-state index in [2.05, 4.69) is 24.4 Å². The SMILES string of the molecule is CCC1CCCC(C(NN)c2c(OC)cnn2CC)C1. The third-order valence-electron chi connectivity index (χ3n) is 4.71. The lowest BCUT2D eigenvalue weighted by molar-refractivity contribution is 0.201. The zero-order valence-corrected chi connectivity index (χ0v) is 12.9. The van der Waals surface area contributed by atoms with E-state index >= 15 is 0 Å². The van der Waals surface area contributed by atoms with Crippen molar-refractivity contribution in [2.75, 3.05) is 7.11 Å². The largest absolute Gasteiger partial charge is 0.493 e. The number of ether oxygens (including phenoxy) is 1. The van der Waals surface area contributed by atoms with Crippen LogP contribution in [0.4, 0.5) is 0 Å². The van der Waals surface area contributed by atoms with E-state index in [-0.39, 0.29) is 6.04 Å². The molecule has 0 bridgehead atoms. The molecule has 20 heavy (non-hydrogen) atoms. The molecule has 1 aromatic heterocycles. The maximum Gasteiger partial charge on any atom is 0.161 e. The smallest absolute Gasteiger partial charge is 0.161 e. The number of hydrazine groups is 1. The first-order chi connectivity index (χ1) is 9.74. The summed E-state index contributed by atoms with van der Waals surface area (Å²) in [6, 6.07) is 0.127. The number of rotatable bonds is 6. The molecule has 0 saturated heterocycles. The van der Waals surface area contributed by atoms with Gasteiger partial charge in [0.2, 0.25) is 0 Å². The average Bonchev–Trinajstić information content (AvgIpc) is 2.91. The van der Waals surface area contributed by atoms with Gasteiger partial charge in [-0.1, -0.05) is 26.2 Å². The summed E-state index contributed by atoms with van der Waals surface area (Å²) in [5.41, 5.74) is 4.12. The number of hydrogen-bond acceptors (Lipinski definition) is 4. The molecule has 2 rings (SSSR count). The number of nitrogens with two attached hydrogens (primary N) is 1. The van der Waals surface area contributed by atoms with Gasteiger partial charge in [0.15, 0.2) is 5.75 Å². The third kappa shape index (κ3) is 2.99. The van der Waals surface area contributed by atoms with Crippen molar-refractivity contribution in [3.8, 4) is 5.75 Å². The minimum absolute atomic E-state index is 0.127. The normalized spacial score (nSPS) is 24.6. The maximum absolute atomic E-state index is 5.88. The van der Waals surface area contributed by atoms with Gasteiger partial charge in [-0.3, -0.25) is 16.0 Å². The molecule has 5 nitrogen and oxygen atoms in total. The Kier molecular flexibility index (Phi) is 5.43. The summed E-state index contributed by atoms with van der Waals surface area (Å²) < 4.78 is 7.47. The van der Waals surface area contributed by atoms with Crippen LogP contribution in [0.25, 0.3) is 0 Å². The maximum atomic E-state index is 5.88. The van der Waals surface area contributed by atoms with Gasteiger partial charge in [0, 0.05) is 6.54 Å². The van der Waals surface area contributed by atoms with E-state index in [1.807, 2.05) is 4.68 Å². The van der Waals surface area contributed by atoms with E-state index < -0.39 is 0 Å². The molecule has 3 N–H and O–H groups in total. The lowest BCUT2D eigenvalue weighted by atomic mass is 9.76. The summed E-state index contributed by atoms with van der Waals surface area (Å²) in [6.07, 6.45) is 8.17. The van der Waals surface area contributed by atoms with Crippen molar-refractivity contribution in [3.05, 3.63) is 11.9 Å². The predicted molar refractivity (Wildman–Crippen MR) is 80.3 cm³/mol. The van der Waals surface area contributed by atoms with Crippen molar-refractivity contribution in [1.82, 2.24) is 15.2 Å². The highest BCUT2D eigenvalue weighted by molar-refractivity contribution is 5.29. The van der Waals surface area contributed by atoms with Crippen LogP contribution in [0, 0.1) is 11.8 Å². The summed E-state index contributed by atoms with van der Waals surface area (Å²) in [5, 5.41) is 4.40. The van der Waals surface area contributed by atoms with Gasteiger partial charge in [0.25, 0.3) is 0 Å². The van der Waals surface area contributed by atoms with E-state index in [9.17, 15) is 0 Å². The second kappa shape index (κ2) is 7.09. The lowest BCUT2D eigenvalue weighted by Crippen LogP contribution is -2.37. The van der Waals surface area contributed by atoms with E-state index in [0.717, 1.165) is 23.9 Å².